The fourth-order valence-electron chi connectivity index (χ4n) is 3.60. The zero-order valence-electron chi connectivity index (χ0n) is 17.2. The lowest BCUT2D eigenvalue weighted by atomic mass is 10.1. The third kappa shape index (κ3) is 4.30. The number of ether oxygens (including phenoxy) is 2. The Hall–Kier alpha value is -3.76. The fourth-order valence-corrected chi connectivity index (χ4v) is 4.51. The number of halogens is 1. The lowest BCUT2D eigenvalue weighted by molar-refractivity contribution is -0.385. The number of thioether (sulfide) groups is 1. The number of aromatic nitrogens is 3. The number of hydrogen-bond donors (Lipinski definition) is 0. The van der Waals surface area contributed by atoms with E-state index in [0.717, 1.165) is 5.56 Å². The van der Waals surface area contributed by atoms with Crippen LogP contribution in [-0.2, 0) is 17.1 Å². The summed E-state index contributed by atoms with van der Waals surface area (Å²) in [5.74, 6) is 1.22. The average molecular weight is 464 g/mol. The molecular formula is C23H17FN4O4S. The van der Waals surface area contributed by atoms with Crippen LogP contribution in [0.1, 0.15) is 11.1 Å². The molecule has 0 fully saturated rings. The highest BCUT2D eigenvalue weighted by atomic mass is 32.2. The standard InChI is InChI=1S/C23H17FN4O4S/c24-18-6-8-19(9-7-18)27-22(15-4-2-1-3-5-15)25-26-23(27)33-13-17-11-20(28(29)30)10-16-12-31-14-32-21(16)17/h1-11H,12-14H2. The minimum atomic E-state index is -0.433. The fraction of sp³-hybridized carbons (Fsp3) is 0.130. The van der Waals surface area contributed by atoms with Crippen molar-refractivity contribution in [2.24, 2.45) is 0 Å². The van der Waals surface area contributed by atoms with E-state index in [1.807, 2.05) is 34.9 Å². The van der Waals surface area contributed by atoms with E-state index in [-0.39, 0.29) is 24.9 Å². The van der Waals surface area contributed by atoms with Gasteiger partial charge in [-0.3, -0.25) is 14.7 Å². The molecule has 0 aliphatic carbocycles. The zero-order chi connectivity index (χ0) is 22.8. The van der Waals surface area contributed by atoms with Crippen molar-refractivity contribution < 1.29 is 18.8 Å². The number of nitro benzene ring substituents is 1. The van der Waals surface area contributed by atoms with Gasteiger partial charge in [0.1, 0.15) is 11.6 Å². The highest BCUT2D eigenvalue weighted by molar-refractivity contribution is 7.98. The molecule has 1 aliphatic rings. The summed E-state index contributed by atoms with van der Waals surface area (Å²) in [6.45, 7) is 0.338. The molecule has 3 aromatic carbocycles. The summed E-state index contributed by atoms with van der Waals surface area (Å²) in [5.41, 5.74) is 2.84. The molecule has 0 N–H and O–H groups in total. The molecule has 5 rings (SSSR count). The molecular weight excluding hydrogens is 447 g/mol. The smallest absolute Gasteiger partial charge is 0.270 e. The number of rotatable bonds is 6. The Labute approximate surface area is 192 Å². The maximum atomic E-state index is 13.6. The minimum absolute atomic E-state index is 0.0246. The van der Waals surface area contributed by atoms with Crippen molar-refractivity contribution in [2.75, 3.05) is 6.79 Å². The molecule has 2 heterocycles. The van der Waals surface area contributed by atoms with E-state index in [9.17, 15) is 14.5 Å². The predicted molar refractivity (Wildman–Crippen MR) is 120 cm³/mol. The van der Waals surface area contributed by atoms with Crippen LogP contribution in [0.2, 0.25) is 0 Å². The highest BCUT2D eigenvalue weighted by Gasteiger charge is 2.22. The molecule has 33 heavy (non-hydrogen) atoms. The van der Waals surface area contributed by atoms with Gasteiger partial charge in [0.15, 0.2) is 17.8 Å². The van der Waals surface area contributed by atoms with Crippen LogP contribution in [0.4, 0.5) is 10.1 Å². The van der Waals surface area contributed by atoms with Crippen LogP contribution in [-0.4, -0.2) is 26.5 Å². The Bertz CT molecular complexity index is 1310. The van der Waals surface area contributed by atoms with E-state index >= 15 is 0 Å². The SMILES string of the molecule is O=[N+]([O-])c1cc2c(c(CSc3nnc(-c4ccccc4)n3-c3ccc(F)cc3)c1)OCOC2. The number of nitro groups is 1. The van der Waals surface area contributed by atoms with Gasteiger partial charge in [-0.05, 0) is 24.3 Å². The number of nitrogens with zero attached hydrogens (tertiary/aromatic N) is 4. The maximum Gasteiger partial charge on any atom is 0.270 e. The van der Waals surface area contributed by atoms with Gasteiger partial charge in [0.05, 0.1) is 11.5 Å². The second-order valence-corrected chi connectivity index (χ2v) is 8.18. The Morgan fingerprint density at radius 3 is 2.64 bits per heavy atom. The van der Waals surface area contributed by atoms with E-state index in [1.165, 1.54) is 36.0 Å². The summed E-state index contributed by atoms with van der Waals surface area (Å²) in [6.07, 6.45) is 0. The number of benzene rings is 3. The summed E-state index contributed by atoms with van der Waals surface area (Å²) in [6, 6.07) is 18.6. The van der Waals surface area contributed by atoms with E-state index < -0.39 is 4.92 Å². The molecule has 0 saturated heterocycles. The quantitative estimate of drug-likeness (QED) is 0.222. The van der Waals surface area contributed by atoms with Gasteiger partial charge in [-0.15, -0.1) is 10.2 Å². The first kappa shape index (κ1) is 21.1. The molecule has 8 nitrogen and oxygen atoms in total. The first-order chi connectivity index (χ1) is 16.1. The lowest BCUT2D eigenvalue weighted by Gasteiger charge is -2.20. The predicted octanol–water partition coefficient (Wildman–Crippen LogP) is 5.14. The molecule has 0 radical (unpaired) electrons. The minimum Gasteiger partial charge on any atom is -0.467 e. The molecule has 1 aliphatic heterocycles. The van der Waals surface area contributed by atoms with Crippen LogP contribution in [0.5, 0.6) is 5.75 Å². The van der Waals surface area contributed by atoms with Gasteiger partial charge >= 0.3 is 0 Å². The Balaban J connectivity index is 1.53. The molecule has 0 amide bonds. The monoisotopic (exact) mass is 464 g/mol. The summed E-state index contributed by atoms with van der Waals surface area (Å²) in [7, 11) is 0. The van der Waals surface area contributed by atoms with Crippen LogP contribution in [0.3, 0.4) is 0 Å². The van der Waals surface area contributed by atoms with Crippen LogP contribution >= 0.6 is 11.8 Å². The molecule has 10 heteroatoms. The van der Waals surface area contributed by atoms with Gasteiger partial charge < -0.3 is 9.47 Å². The second kappa shape index (κ2) is 9.00. The van der Waals surface area contributed by atoms with E-state index in [2.05, 4.69) is 10.2 Å². The van der Waals surface area contributed by atoms with Crippen molar-refractivity contribution in [1.82, 2.24) is 14.8 Å². The van der Waals surface area contributed by atoms with Gasteiger partial charge in [-0.25, -0.2) is 4.39 Å². The lowest BCUT2D eigenvalue weighted by Crippen LogP contribution is -2.13. The van der Waals surface area contributed by atoms with Gasteiger partial charge in [0, 0.05) is 40.3 Å². The largest absolute Gasteiger partial charge is 0.467 e. The van der Waals surface area contributed by atoms with Crippen molar-refractivity contribution in [1.29, 1.82) is 0 Å². The van der Waals surface area contributed by atoms with Crippen molar-refractivity contribution in [3.8, 4) is 22.8 Å². The van der Waals surface area contributed by atoms with Crippen molar-refractivity contribution in [2.45, 2.75) is 17.5 Å². The van der Waals surface area contributed by atoms with Crippen molar-refractivity contribution >= 4 is 17.4 Å². The van der Waals surface area contributed by atoms with Crippen LogP contribution < -0.4 is 4.74 Å². The van der Waals surface area contributed by atoms with Crippen LogP contribution in [0.25, 0.3) is 17.1 Å². The highest BCUT2D eigenvalue weighted by Crippen LogP contribution is 2.37. The second-order valence-electron chi connectivity index (χ2n) is 7.23. The molecule has 0 bridgehead atoms. The van der Waals surface area contributed by atoms with E-state index in [0.29, 0.717) is 39.3 Å². The summed E-state index contributed by atoms with van der Waals surface area (Å²) in [4.78, 5) is 11.0. The van der Waals surface area contributed by atoms with Crippen molar-refractivity contribution in [3.05, 3.63) is 93.8 Å². The van der Waals surface area contributed by atoms with E-state index in [4.69, 9.17) is 9.47 Å². The summed E-state index contributed by atoms with van der Waals surface area (Å²) >= 11 is 1.36. The summed E-state index contributed by atoms with van der Waals surface area (Å²) < 4.78 is 26.3. The Morgan fingerprint density at radius 1 is 1.09 bits per heavy atom. The molecule has 0 spiro atoms. The molecule has 0 saturated carbocycles. The average Bonchev–Trinajstić information content (AvgIpc) is 3.27. The normalized spacial score (nSPS) is 12.8. The molecule has 0 unspecified atom stereocenters. The number of hydrogen-bond acceptors (Lipinski definition) is 7. The van der Waals surface area contributed by atoms with Gasteiger partial charge in [0.2, 0.25) is 0 Å². The maximum absolute atomic E-state index is 13.6. The first-order valence-electron chi connectivity index (χ1n) is 10.0. The molecule has 166 valence electrons. The van der Waals surface area contributed by atoms with Crippen LogP contribution in [0.15, 0.2) is 71.9 Å². The third-order valence-corrected chi connectivity index (χ3v) is 6.07. The van der Waals surface area contributed by atoms with Gasteiger partial charge in [-0.2, -0.15) is 0 Å². The third-order valence-electron chi connectivity index (χ3n) is 5.09. The molecule has 1 aromatic heterocycles. The van der Waals surface area contributed by atoms with Crippen LogP contribution in [0, 0.1) is 15.9 Å². The van der Waals surface area contributed by atoms with Gasteiger partial charge in [-0.1, -0.05) is 42.1 Å². The number of non-ortho nitro benzene ring substituents is 1. The molecule has 4 aromatic rings. The Morgan fingerprint density at radius 2 is 1.88 bits per heavy atom. The molecule has 0 atom stereocenters. The number of fused-ring (bicyclic) bond motifs is 1. The first-order valence-corrected chi connectivity index (χ1v) is 11.0. The topological polar surface area (TPSA) is 92.3 Å². The van der Waals surface area contributed by atoms with Crippen molar-refractivity contribution in [3.63, 3.8) is 0 Å². The summed E-state index contributed by atoms with van der Waals surface area (Å²) in [5, 5.41) is 20.7. The zero-order valence-corrected chi connectivity index (χ0v) is 18.0. The Kier molecular flexibility index (Phi) is 5.76. The van der Waals surface area contributed by atoms with E-state index in [1.54, 1.807) is 12.1 Å². The van der Waals surface area contributed by atoms with Gasteiger partial charge in [0.25, 0.3) is 5.69 Å².